The van der Waals surface area contributed by atoms with E-state index < -0.39 is 0 Å². The number of piperazine rings is 1. The average molecular weight is 254 g/mol. The molecule has 0 bridgehead atoms. The zero-order valence-electron chi connectivity index (χ0n) is 9.82. The molecule has 0 aromatic heterocycles. The topological polar surface area (TPSA) is 49.6 Å². The molecule has 1 saturated heterocycles. The molecule has 92 valence electrons. The summed E-state index contributed by atoms with van der Waals surface area (Å²) in [6.45, 7) is 2.75. The highest BCUT2D eigenvalue weighted by molar-refractivity contribution is 6.31. The Labute approximate surface area is 106 Å². The minimum atomic E-state index is 0.149. The maximum absolute atomic E-state index is 11.6. The van der Waals surface area contributed by atoms with Gasteiger partial charge in [0.25, 0.3) is 0 Å². The van der Waals surface area contributed by atoms with Crippen LogP contribution in [0.15, 0.2) is 18.2 Å². The maximum Gasteiger partial charge on any atom is 0.236 e. The van der Waals surface area contributed by atoms with Crippen molar-refractivity contribution in [1.29, 1.82) is 0 Å². The van der Waals surface area contributed by atoms with E-state index in [0.717, 1.165) is 18.7 Å². The molecule has 2 N–H and O–H groups in total. The van der Waals surface area contributed by atoms with Crippen molar-refractivity contribution in [2.45, 2.75) is 6.54 Å². The molecule has 2 rings (SSSR count). The van der Waals surface area contributed by atoms with Crippen LogP contribution < -0.4 is 5.73 Å². The standard InChI is InChI=1S/C12H16ClN3O/c1-15-4-5-16(8-12(15)17)7-9-6-10(14)2-3-11(9)13/h2-3,6H,4-5,7-8,14H2,1H3. The van der Waals surface area contributed by atoms with Crippen LogP contribution in [0.1, 0.15) is 5.56 Å². The number of nitrogens with two attached hydrogens (primary N) is 1. The van der Waals surface area contributed by atoms with Crippen molar-refractivity contribution in [2.75, 3.05) is 32.4 Å². The zero-order valence-corrected chi connectivity index (χ0v) is 10.6. The van der Waals surface area contributed by atoms with E-state index in [1.165, 1.54) is 0 Å². The number of hydrogen-bond acceptors (Lipinski definition) is 3. The first kappa shape index (κ1) is 12.2. The number of anilines is 1. The van der Waals surface area contributed by atoms with Gasteiger partial charge >= 0.3 is 0 Å². The predicted octanol–water partition coefficient (Wildman–Crippen LogP) is 1.20. The molecular weight excluding hydrogens is 238 g/mol. The highest BCUT2D eigenvalue weighted by Gasteiger charge is 2.21. The van der Waals surface area contributed by atoms with E-state index in [4.69, 9.17) is 17.3 Å². The Morgan fingerprint density at radius 1 is 1.41 bits per heavy atom. The second-order valence-electron chi connectivity index (χ2n) is 4.38. The van der Waals surface area contributed by atoms with Gasteiger partial charge in [0.2, 0.25) is 5.91 Å². The number of nitrogens with zero attached hydrogens (tertiary/aromatic N) is 2. The molecule has 17 heavy (non-hydrogen) atoms. The summed E-state index contributed by atoms with van der Waals surface area (Å²) < 4.78 is 0. The molecular formula is C12H16ClN3O. The van der Waals surface area contributed by atoms with Crippen LogP contribution in [0.2, 0.25) is 5.02 Å². The molecule has 1 heterocycles. The molecule has 0 saturated carbocycles. The molecule has 4 nitrogen and oxygen atoms in total. The van der Waals surface area contributed by atoms with E-state index in [0.29, 0.717) is 23.8 Å². The summed E-state index contributed by atoms with van der Waals surface area (Å²) in [5.41, 5.74) is 7.40. The summed E-state index contributed by atoms with van der Waals surface area (Å²) in [6, 6.07) is 5.44. The minimum absolute atomic E-state index is 0.149. The molecule has 1 aliphatic rings. The van der Waals surface area contributed by atoms with E-state index in [-0.39, 0.29) is 5.91 Å². The quantitative estimate of drug-likeness (QED) is 0.806. The van der Waals surface area contributed by atoms with Crippen LogP contribution in [-0.2, 0) is 11.3 Å². The van der Waals surface area contributed by atoms with E-state index in [1.54, 1.807) is 17.0 Å². The Bertz CT molecular complexity index is 436. The maximum atomic E-state index is 11.6. The van der Waals surface area contributed by atoms with Gasteiger partial charge in [-0.15, -0.1) is 0 Å². The Morgan fingerprint density at radius 2 is 2.18 bits per heavy atom. The van der Waals surface area contributed by atoms with Crippen LogP contribution in [0.3, 0.4) is 0 Å². The Hall–Kier alpha value is -1.26. The molecule has 0 radical (unpaired) electrons. The predicted molar refractivity (Wildman–Crippen MR) is 68.8 cm³/mol. The van der Waals surface area contributed by atoms with Crippen molar-refractivity contribution in [2.24, 2.45) is 0 Å². The zero-order chi connectivity index (χ0) is 12.4. The lowest BCUT2D eigenvalue weighted by Crippen LogP contribution is -2.47. The first-order chi connectivity index (χ1) is 8.06. The van der Waals surface area contributed by atoms with Gasteiger partial charge in [-0.05, 0) is 23.8 Å². The van der Waals surface area contributed by atoms with Gasteiger partial charge in [-0.1, -0.05) is 11.6 Å². The lowest BCUT2D eigenvalue weighted by atomic mass is 10.1. The lowest BCUT2D eigenvalue weighted by molar-refractivity contribution is -0.134. The molecule has 0 spiro atoms. The highest BCUT2D eigenvalue weighted by Crippen LogP contribution is 2.21. The van der Waals surface area contributed by atoms with E-state index in [9.17, 15) is 4.79 Å². The normalized spacial score (nSPS) is 17.5. The SMILES string of the molecule is CN1CCN(Cc2cc(N)ccc2Cl)CC1=O. The van der Waals surface area contributed by atoms with Crippen LogP contribution >= 0.6 is 11.6 Å². The van der Waals surface area contributed by atoms with Gasteiger partial charge in [-0.2, -0.15) is 0 Å². The molecule has 1 amide bonds. The smallest absolute Gasteiger partial charge is 0.236 e. The number of carbonyl (C=O) groups is 1. The van der Waals surface area contributed by atoms with Gasteiger partial charge in [0.15, 0.2) is 0 Å². The van der Waals surface area contributed by atoms with Crippen LogP contribution in [0.25, 0.3) is 0 Å². The third kappa shape index (κ3) is 2.90. The minimum Gasteiger partial charge on any atom is -0.399 e. The summed E-state index contributed by atoms with van der Waals surface area (Å²) in [5.74, 6) is 0.149. The number of halogens is 1. The third-order valence-electron chi connectivity index (χ3n) is 3.00. The van der Waals surface area contributed by atoms with E-state index in [2.05, 4.69) is 4.90 Å². The van der Waals surface area contributed by atoms with Gasteiger partial charge in [0.1, 0.15) is 0 Å². The fourth-order valence-corrected chi connectivity index (χ4v) is 2.08. The van der Waals surface area contributed by atoms with Crippen molar-refractivity contribution in [3.05, 3.63) is 28.8 Å². The number of likely N-dealkylation sites (N-methyl/N-ethyl adjacent to an activating group) is 1. The van der Waals surface area contributed by atoms with E-state index in [1.807, 2.05) is 13.1 Å². The first-order valence-corrected chi connectivity index (χ1v) is 5.94. The molecule has 1 aliphatic heterocycles. The number of amides is 1. The Balaban J connectivity index is 2.06. The molecule has 0 unspecified atom stereocenters. The fraction of sp³-hybridized carbons (Fsp3) is 0.417. The van der Waals surface area contributed by atoms with Crippen LogP contribution in [-0.4, -0.2) is 42.4 Å². The van der Waals surface area contributed by atoms with Crippen molar-refractivity contribution < 1.29 is 4.79 Å². The largest absolute Gasteiger partial charge is 0.399 e. The van der Waals surface area contributed by atoms with Crippen molar-refractivity contribution >= 4 is 23.2 Å². The monoisotopic (exact) mass is 253 g/mol. The highest BCUT2D eigenvalue weighted by atomic mass is 35.5. The number of benzene rings is 1. The molecule has 1 fully saturated rings. The van der Waals surface area contributed by atoms with Gasteiger partial charge in [-0.25, -0.2) is 0 Å². The number of hydrogen-bond donors (Lipinski definition) is 1. The second-order valence-corrected chi connectivity index (χ2v) is 4.78. The first-order valence-electron chi connectivity index (χ1n) is 5.56. The molecule has 0 atom stereocenters. The van der Waals surface area contributed by atoms with Crippen LogP contribution in [0, 0.1) is 0 Å². The van der Waals surface area contributed by atoms with Crippen molar-refractivity contribution in [3.8, 4) is 0 Å². The summed E-state index contributed by atoms with van der Waals surface area (Å²) in [5, 5.41) is 0.700. The molecule has 1 aromatic carbocycles. The van der Waals surface area contributed by atoms with Gasteiger partial charge < -0.3 is 10.6 Å². The van der Waals surface area contributed by atoms with Crippen LogP contribution in [0.5, 0.6) is 0 Å². The van der Waals surface area contributed by atoms with Gasteiger partial charge in [0.05, 0.1) is 6.54 Å². The third-order valence-corrected chi connectivity index (χ3v) is 3.37. The number of rotatable bonds is 2. The second kappa shape index (κ2) is 4.94. The summed E-state index contributed by atoms with van der Waals surface area (Å²) in [7, 11) is 1.83. The van der Waals surface area contributed by atoms with Crippen molar-refractivity contribution in [3.63, 3.8) is 0 Å². The van der Waals surface area contributed by atoms with Gasteiger partial charge in [-0.3, -0.25) is 9.69 Å². The summed E-state index contributed by atoms with van der Waals surface area (Å²) in [4.78, 5) is 15.4. The fourth-order valence-electron chi connectivity index (χ4n) is 1.90. The lowest BCUT2D eigenvalue weighted by Gasteiger charge is -2.32. The number of nitrogen functional groups attached to an aromatic ring is 1. The van der Waals surface area contributed by atoms with E-state index >= 15 is 0 Å². The molecule has 5 heteroatoms. The van der Waals surface area contributed by atoms with Crippen molar-refractivity contribution in [1.82, 2.24) is 9.80 Å². The Morgan fingerprint density at radius 3 is 2.88 bits per heavy atom. The van der Waals surface area contributed by atoms with Crippen LogP contribution in [0.4, 0.5) is 5.69 Å². The summed E-state index contributed by atoms with van der Waals surface area (Å²) in [6.07, 6.45) is 0. The Kier molecular flexibility index (Phi) is 3.54. The average Bonchev–Trinajstić information content (AvgIpc) is 2.29. The molecule has 1 aromatic rings. The molecule has 0 aliphatic carbocycles. The number of carbonyl (C=O) groups excluding carboxylic acids is 1. The summed E-state index contributed by atoms with van der Waals surface area (Å²) >= 11 is 6.10. The van der Waals surface area contributed by atoms with Gasteiger partial charge in [0, 0.05) is 37.4 Å².